The Kier molecular flexibility index (Phi) is 4.63. The Morgan fingerprint density at radius 3 is 1.77 bits per heavy atom. The molecule has 105 valence electrons. The molecule has 0 aromatic heterocycles. The first-order valence-corrected chi connectivity index (χ1v) is 7.39. The molecule has 0 aliphatic rings. The Labute approximate surface area is 132 Å². The van der Waals surface area contributed by atoms with Gasteiger partial charge in [-0.1, -0.05) is 103 Å². The Morgan fingerprint density at radius 1 is 0.545 bits per heavy atom. The standard InChI is InChI=1S/C22H17/c1-3-9-19(10-4-1)15-17-21-13-7-8-14-22(21)18-16-20-11-5-2-6-12-20/h1-13,15-18H/b17-15+,18-16+. The summed E-state index contributed by atoms with van der Waals surface area (Å²) in [5.74, 6) is 0. The second-order valence-corrected chi connectivity index (χ2v) is 5.03. The van der Waals surface area contributed by atoms with E-state index in [2.05, 4.69) is 60.7 Å². The average Bonchev–Trinajstić information content (AvgIpc) is 2.61. The van der Waals surface area contributed by atoms with E-state index in [9.17, 15) is 0 Å². The van der Waals surface area contributed by atoms with E-state index in [4.69, 9.17) is 0 Å². The van der Waals surface area contributed by atoms with Crippen LogP contribution < -0.4 is 0 Å². The van der Waals surface area contributed by atoms with Gasteiger partial charge in [0.05, 0.1) is 0 Å². The summed E-state index contributed by atoms with van der Waals surface area (Å²) in [5, 5.41) is 0. The highest BCUT2D eigenvalue weighted by molar-refractivity contribution is 5.79. The largest absolute Gasteiger partial charge is 0.0622 e. The molecule has 0 aliphatic heterocycles. The van der Waals surface area contributed by atoms with E-state index < -0.39 is 0 Å². The Balaban J connectivity index is 1.84. The van der Waals surface area contributed by atoms with Gasteiger partial charge in [0.15, 0.2) is 0 Å². The molecule has 0 heteroatoms. The molecule has 0 aliphatic carbocycles. The first kappa shape index (κ1) is 14.1. The molecule has 0 nitrogen and oxygen atoms in total. The lowest BCUT2D eigenvalue weighted by Gasteiger charge is -2.00. The molecule has 0 atom stereocenters. The molecule has 0 saturated carbocycles. The summed E-state index contributed by atoms with van der Waals surface area (Å²) in [6.45, 7) is 0. The van der Waals surface area contributed by atoms with Gasteiger partial charge in [0.25, 0.3) is 0 Å². The first-order valence-electron chi connectivity index (χ1n) is 7.39. The zero-order valence-corrected chi connectivity index (χ0v) is 12.3. The highest BCUT2D eigenvalue weighted by atomic mass is 14.0. The zero-order chi connectivity index (χ0) is 15.0. The van der Waals surface area contributed by atoms with Gasteiger partial charge in [0.2, 0.25) is 0 Å². The monoisotopic (exact) mass is 281 g/mol. The van der Waals surface area contributed by atoms with E-state index in [-0.39, 0.29) is 0 Å². The Morgan fingerprint density at radius 2 is 1.14 bits per heavy atom. The minimum Gasteiger partial charge on any atom is -0.0622 e. The molecule has 0 unspecified atom stereocenters. The van der Waals surface area contributed by atoms with E-state index in [1.165, 1.54) is 16.7 Å². The summed E-state index contributed by atoms with van der Waals surface area (Å²) in [6, 6.07) is 30.0. The van der Waals surface area contributed by atoms with Gasteiger partial charge >= 0.3 is 0 Å². The smallest absolute Gasteiger partial charge is 0.00992 e. The van der Waals surface area contributed by atoms with E-state index >= 15 is 0 Å². The number of rotatable bonds is 4. The molecule has 3 aromatic rings. The van der Waals surface area contributed by atoms with Crippen LogP contribution in [-0.4, -0.2) is 0 Å². The van der Waals surface area contributed by atoms with E-state index in [1.807, 2.05) is 48.5 Å². The number of benzene rings is 3. The highest BCUT2D eigenvalue weighted by Crippen LogP contribution is 2.16. The third kappa shape index (κ3) is 3.83. The molecule has 22 heavy (non-hydrogen) atoms. The van der Waals surface area contributed by atoms with Crippen LogP contribution in [0.25, 0.3) is 24.3 Å². The minimum atomic E-state index is 1.10. The summed E-state index contributed by atoms with van der Waals surface area (Å²) in [7, 11) is 0. The van der Waals surface area contributed by atoms with Crippen LogP contribution in [0.5, 0.6) is 0 Å². The average molecular weight is 281 g/mol. The van der Waals surface area contributed by atoms with Gasteiger partial charge in [-0.3, -0.25) is 0 Å². The lowest BCUT2D eigenvalue weighted by atomic mass is 10.0. The van der Waals surface area contributed by atoms with Crippen LogP contribution in [0.2, 0.25) is 0 Å². The molecule has 0 amide bonds. The van der Waals surface area contributed by atoms with Gasteiger partial charge in [-0.15, -0.1) is 0 Å². The van der Waals surface area contributed by atoms with Gasteiger partial charge in [-0.05, 0) is 28.3 Å². The SMILES string of the molecule is [c]1cccc(/C=C/c2ccccc2)c1/C=C/c1ccccc1. The summed E-state index contributed by atoms with van der Waals surface area (Å²) in [6.07, 6.45) is 8.49. The molecular formula is C22H17. The van der Waals surface area contributed by atoms with Crippen molar-refractivity contribution in [2.45, 2.75) is 0 Å². The first-order chi connectivity index (χ1) is 10.9. The van der Waals surface area contributed by atoms with Crippen molar-refractivity contribution in [2.24, 2.45) is 0 Å². The van der Waals surface area contributed by atoms with Crippen molar-refractivity contribution in [3.8, 4) is 0 Å². The maximum atomic E-state index is 3.31. The van der Waals surface area contributed by atoms with E-state index in [0.717, 1.165) is 5.56 Å². The molecule has 1 radical (unpaired) electrons. The second-order valence-electron chi connectivity index (χ2n) is 5.03. The van der Waals surface area contributed by atoms with Crippen LogP contribution in [0, 0.1) is 6.07 Å². The lowest BCUT2D eigenvalue weighted by Crippen LogP contribution is -1.80. The van der Waals surface area contributed by atoms with Crippen molar-refractivity contribution in [2.75, 3.05) is 0 Å². The van der Waals surface area contributed by atoms with Gasteiger partial charge in [-0.2, -0.15) is 0 Å². The Bertz CT molecular complexity index is 697. The van der Waals surface area contributed by atoms with Gasteiger partial charge in [-0.25, -0.2) is 0 Å². The van der Waals surface area contributed by atoms with Crippen LogP contribution in [0.3, 0.4) is 0 Å². The number of hydrogen-bond donors (Lipinski definition) is 0. The predicted octanol–water partition coefficient (Wildman–Crippen LogP) is 5.83. The van der Waals surface area contributed by atoms with Crippen LogP contribution in [0.4, 0.5) is 0 Å². The lowest BCUT2D eigenvalue weighted by molar-refractivity contribution is 1.59. The van der Waals surface area contributed by atoms with E-state index in [0.29, 0.717) is 0 Å². The van der Waals surface area contributed by atoms with Crippen LogP contribution in [0.1, 0.15) is 22.3 Å². The number of hydrogen-bond acceptors (Lipinski definition) is 0. The van der Waals surface area contributed by atoms with Gasteiger partial charge in [0.1, 0.15) is 0 Å². The molecule has 0 spiro atoms. The fourth-order valence-electron chi connectivity index (χ4n) is 2.25. The summed E-state index contributed by atoms with van der Waals surface area (Å²) in [5.41, 5.74) is 4.65. The second kappa shape index (κ2) is 7.24. The van der Waals surface area contributed by atoms with Crippen molar-refractivity contribution in [3.63, 3.8) is 0 Å². The fourth-order valence-corrected chi connectivity index (χ4v) is 2.25. The third-order valence-electron chi connectivity index (χ3n) is 3.42. The van der Waals surface area contributed by atoms with Crippen molar-refractivity contribution in [1.29, 1.82) is 0 Å². The fraction of sp³-hybridized carbons (Fsp3) is 0. The normalized spacial score (nSPS) is 11.3. The molecule has 0 fully saturated rings. The quantitative estimate of drug-likeness (QED) is 0.528. The molecule has 0 saturated heterocycles. The summed E-state index contributed by atoms with van der Waals surface area (Å²) < 4.78 is 0. The minimum absolute atomic E-state index is 1.10. The molecule has 3 rings (SSSR count). The summed E-state index contributed by atoms with van der Waals surface area (Å²) in [4.78, 5) is 0. The molecule has 0 N–H and O–H groups in total. The zero-order valence-electron chi connectivity index (χ0n) is 12.3. The third-order valence-corrected chi connectivity index (χ3v) is 3.42. The van der Waals surface area contributed by atoms with Crippen LogP contribution >= 0.6 is 0 Å². The highest BCUT2D eigenvalue weighted by Gasteiger charge is 1.95. The van der Waals surface area contributed by atoms with Crippen molar-refractivity contribution in [1.82, 2.24) is 0 Å². The van der Waals surface area contributed by atoms with Crippen LogP contribution in [-0.2, 0) is 0 Å². The molecule has 3 aromatic carbocycles. The summed E-state index contributed by atoms with van der Waals surface area (Å²) >= 11 is 0. The molecule has 0 bridgehead atoms. The van der Waals surface area contributed by atoms with Crippen molar-refractivity contribution < 1.29 is 0 Å². The Hall–Kier alpha value is -2.86. The van der Waals surface area contributed by atoms with Crippen molar-refractivity contribution in [3.05, 3.63) is 107 Å². The van der Waals surface area contributed by atoms with Crippen molar-refractivity contribution >= 4 is 24.3 Å². The van der Waals surface area contributed by atoms with Crippen LogP contribution in [0.15, 0.2) is 78.9 Å². The molecule has 0 heterocycles. The molecular weight excluding hydrogens is 264 g/mol. The van der Waals surface area contributed by atoms with E-state index in [1.54, 1.807) is 0 Å². The maximum Gasteiger partial charge on any atom is -0.00992 e. The van der Waals surface area contributed by atoms with Gasteiger partial charge in [0, 0.05) is 0 Å². The predicted molar refractivity (Wildman–Crippen MR) is 96.0 cm³/mol. The van der Waals surface area contributed by atoms with Gasteiger partial charge < -0.3 is 0 Å². The topological polar surface area (TPSA) is 0 Å². The maximum absolute atomic E-state index is 3.31.